The predicted octanol–water partition coefficient (Wildman–Crippen LogP) is 3.31. The SMILES string of the molecule is Cc1cnc(C(C)NC2CCOC(C(C)C)C2)s1. The predicted molar refractivity (Wildman–Crippen MR) is 76.0 cm³/mol. The van der Waals surface area contributed by atoms with Gasteiger partial charge >= 0.3 is 0 Å². The zero-order chi connectivity index (χ0) is 13.1. The van der Waals surface area contributed by atoms with E-state index in [1.54, 1.807) is 11.3 Å². The van der Waals surface area contributed by atoms with Gasteiger partial charge in [0.2, 0.25) is 0 Å². The summed E-state index contributed by atoms with van der Waals surface area (Å²) in [6, 6.07) is 0.907. The topological polar surface area (TPSA) is 34.2 Å². The Kier molecular flexibility index (Phi) is 4.76. The molecule has 4 heteroatoms. The Balaban J connectivity index is 1.89. The molecule has 0 aromatic carbocycles. The minimum atomic E-state index is 0.347. The molecule has 0 spiro atoms. The maximum absolute atomic E-state index is 5.81. The monoisotopic (exact) mass is 268 g/mol. The van der Waals surface area contributed by atoms with Crippen molar-refractivity contribution in [2.45, 2.75) is 58.7 Å². The van der Waals surface area contributed by atoms with Crippen LogP contribution in [0.1, 0.15) is 49.5 Å². The molecule has 0 saturated carbocycles. The summed E-state index contributed by atoms with van der Waals surface area (Å²) < 4.78 is 5.81. The van der Waals surface area contributed by atoms with Crippen molar-refractivity contribution in [1.82, 2.24) is 10.3 Å². The van der Waals surface area contributed by atoms with E-state index in [0.717, 1.165) is 19.4 Å². The third kappa shape index (κ3) is 3.53. The first kappa shape index (κ1) is 14.0. The summed E-state index contributed by atoms with van der Waals surface area (Å²) in [6.45, 7) is 9.67. The van der Waals surface area contributed by atoms with Gasteiger partial charge in [0, 0.05) is 23.7 Å². The first-order valence-electron chi connectivity index (χ1n) is 6.86. The van der Waals surface area contributed by atoms with Crippen LogP contribution in [-0.4, -0.2) is 23.7 Å². The molecule has 1 aliphatic heterocycles. The molecule has 3 unspecified atom stereocenters. The normalized spacial score (nSPS) is 26.5. The van der Waals surface area contributed by atoms with Crippen LogP contribution in [0, 0.1) is 12.8 Å². The highest BCUT2D eigenvalue weighted by Crippen LogP contribution is 2.24. The Hall–Kier alpha value is -0.450. The summed E-state index contributed by atoms with van der Waals surface area (Å²) in [6.07, 6.45) is 4.59. The summed E-state index contributed by atoms with van der Waals surface area (Å²) in [5.74, 6) is 0.604. The van der Waals surface area contributed by atoms with Gasteiger partial charge in [-0.1, -0.05) is 13.8 Å². The van der Waals surface area contributed by atoms with Crippen molar-refractivity contribution in [2.75, 3.05) is 6.61 Å². The van der Waals surface area contributed by atoms with Crippen LogP contribution in [0.15, 0.2) is 6.20 Å². The van der Waals surface area contributed by atoms with Crippen molar-refractivity contribution in [3.8, 4) is 0 Å². The summed E-state index contributed by atoms with van der Waals surface area (Å²) in [7, 11) is 0. The molecule has 1 aromatic heterocycles. The molecule has 2 heterocycles. The molecular weight excluding hydrogens is 244 g/mol. The van der Waals surface area contributed by atoms with E-state index in [4.69, 9.17) is 4.74 Å². The van der Waals surface area contributed by atoms with Gasteiger partial charge in [-0.3, -0.25) is 0 Å². The highest BCUT2D eigenvalue weighted by Gasteiger charge is 2.26. The van der Waals surface area contributed by atoms with E-state index in [1.165, 1.54) is 9.88 Å². The summed E-state index contributed by atoms with van der Waals surface area (Å²) in [5.41, 5.74) is 0. The van der Waals surface area contributed by atoms with Crippen LogP contribution in [0.2, 0.25) is 0 Å². The van der Waals surface area contributed by atoms with E-state index in [-0.39, 0.29) is 0 Å². The lowest BCUT2D eigenvalue weighted by molar-refractivity contribution is -0.0257. The van der Waals surface area contributed by atoms with Gasteiger partial charge in [-0.15, -0.1) is 11.3 Å². The quantitative estimate of drug-likeness (QED) is 0.909. The van der Waals surface area contributed by atoms with Crippen molar-refractivity contribution >= 4 is 11.3 Å². The molecule has 0 bridgehead atoms. The van der Waals surface area contributed by atoms with E-state index in [1.807, 2.05) is 6.20 Å². The Morgan fingerprint density at radius 2 is 2.22 bits per heavy atom. The third-order valence-corrected chi connectivity index (χ3v) is 4.65. The van der Waals surface area contributed by atoms with Gasteiger partial charge < -0.3 is 10.1 Å². The minimum Gasteiger partial charge on any atom is -0.378 e. The zero-order valence-corrected chi connectivity index (χ0v) is 12.6. The molecular formula is C14H24N2OS. The Bertz CT molecular complexity index is 378. The summed E-state index contributed by atoms with van der Waals surface area (Å²) in [5, 5.41) is 4.90. The molecule has 18 heavy (non-hydrogen) atoms. The largest absolute Gasteiger partial charge is 0.378 e. The smallest absolute Gasteiger partial charge is 0.109 e. The number of nitrogens with one attached hydrogen (secondary N) is 1. The number of thiazole rings is 1. The lowest BCUT2D eigenvalue weighted by Gasteiger charge is -2.33. The molecule has 102 valence electrons. The van der Waals surface area contributed by atoms with E-state index < -0.39 is 0 Å². The van der Waals surface area contributed by atoms with Crippen LogP contribution in [0.5, 0.6) is 0 Å². The number of hydrogen-bond acceptors (Lipinski definition) is 4. The molecule has 1 aliphatic rings. The number of aryl methyl sites for hydroxylation is 1. The van der Waals surface area contributed by atoms with Crippen molar-refractivity contribution in [3.63, 3.8) is 0 Å². The number of rotatable bonds is 4. The molecule has 1 N–H and O–H groups in total. The van der Waals surface area contributed by atoms with Crippen LogP contribution in [0.25, 0.3) is 0 Å². The molecule has 1 aromatic rings. The van der Waals surface area contributed by atoms with Crippen molar-refractivity contribution < 1.29 is 4.74 Å². The van der Waals surface area contributed by atoms with E-state index in [0.29, 0.717) is 24.1 Å². The molecule has 3 nitrogen and oxygen atoms in total. The maximum Gasteiger partial charge on any atom is 0.109 e. The van der Waals surface area contributed by atoms with Crippen LogP contribution in [0.3, 0.4) is 0 Å². The first-order valence-corrected chi connectivity index (χ1v) is 7.68. The van der Waals surface area contributed by atoms with Crippen molar-refractivity contribution in [1.29, 1.82) is 0 Å². The Morgan fingerprint density at radius 3 is 2.83 bits per heavy atom. The molecule has 3 atom stereocenters. The fourth-order valence-electron chi connectivity index (χ4n) is 2.44. The van der Waals surface area contributed by atoms with Crippen LogP contribution >= 0.6 is 11.3 Å². The van der Waals surface area contributed by atoms with Gasteiger partial charge in [0.15, 0.2) is 0 Å². The highest BCUT2D eigenvalue weighted by molar-refractivity contribution is 7.11. The lowest BCUT2D eigenvalue weighted by atomic mass is 9.95. The number of aromatic nitrogens is 1. The lowest BCUT2D eigenvalue weighted by Crippen LogP contribution is -2.41. The third-order valence-electron chi connectivity index (χ3n) is 3.55. The van der Waals surface area contributed by atoms with Gasteiger partial charge in [0.25, 0.3) is 0 Å². The zero-order valence-electron chi connectivity index (χ0n) is 11.8. The molecule has 0 aliphatic carbocycles. The fourth-order valence-corrected chi connectivity index (χ4v) is 3.23. The minimum absolute atomic E-state index is 0.347. The second-order valence-electron chi connectivity index (χ2n) is 5.57. The fraction of sp³-hybridized carbons (Fsp3) is 0.786. The Labute approximate surface area is 114 Å². The summed E-state index contributed by atoms with van der Waals surface area (Å²) in [4.78, 5) is 5.74. The summed E-state index contributed by atoms with van der Waals surface area (Å²) >= 11 is 1.79. The van der Waals surface area contributed by atoms with Gasteiger partial charge in [-0.05, 0) is 32.6 Å². The number of ether oxygens (including phenoxy) is 1. The first-order chi connectivity index (χ1) is 8.56. The molecule has 1 fully saturated rings. The van der Waals surface area contributed by atoms with Crippen LogP contribution in [-0.2, 0) is 4.74 Å². The standard InChI is InChI=1S/C14H24N2OS/c1-9(2)13-7-12(5-6-17-13)16-11(4)14-15-8-10(3)18-14/h8-9,11-13,16H,5-7H2,1-4H3. The van der Waals surface area contributed by atoms with Gasteiger partial charge in [0.05, 0.1) is 12.1 Å². The molecule has 2 rings (SSSR count). The van der Waals surface area contributed by atoms with Gasteiger partial charge in [0.1, 0.15) is 5.01 Å². The number of hydrogen-bond donors (Lipinski definition) is 1. The molecule has 0 amide bonds. The van der Waals surface area contributed by atoms with E-state index in [2.05, 4.69) is 38.0 Å². The highest BCUT2D eigenvalue weighted by atomic mass is 32.1. The second-order valence-corrected chi connectivity index (χ2v) is 6.84. The van der Waals surface area contributed by atoms with E-state index >= 15 is 0 Å². The maximum atomic E-state index is 5.81. The average Bonchev–Trinajstić information content (AvgIpc) is 2.76. The van der Waals surface area contributed by atoms with Crippen LogP contribution in [0.4, 0.5) is 0 Å². The molecule has 0 radical (unpaired) electrons. The van der Waals surface area contributed by atoms with E-state index in [9.17, 15) is 0 Å². The molecule has 1 saturated heterocycles. The van der Waals surface area contributed by atoms with Crippen molar-refractivity contribution in [2.24, 2.45) is 5.92 Å². The number of nitrogens with zero attached hydrogens (tertiary/aromatic N) is 1. The van der Waals surface area contributed by atoms with Crippen molar-refractivity contribution in [3.05, 3.63) is 16.1 Å². The second kappa shape index (κ2) is 6.13. The van der Waals surface area contributed by atoms with Crippen LogP contribution < -0.4 is 5.32 Å². The van der Waals surface area contributed by atoms with Gasteiger partial charge in [-0.25, -0.2) is 4.98 Å². The average molecular weight is 268 g/mol. The Morgan fingerprint density at radius 1 is 1.44 bits per heavy atom. The van der Waals surface area contributed by atoms with Gasteiger partial charge in [-0.2, -0.15) is 0 Å².